The number of carbonyl (C=O) groups excluding carboxylic acids is 3. The maximum Gasteiger partial charge on any atom is 0.239 e. The summed E-state index contributed by atoms with van der Waals surface area (Å²) in [4.78, 5) is 38.3. The molecule has 0 atom stereocenters. The molecule has 0 aliphatic carbocycles. The smallest absolute Gasteiger partial charge is 0.239 e. The summed E-state index contributed by atoms with van der Waals surface area (Å²) in [5.41, 5.74) is 6.98. The number of hydrogen-bond donors (Lipinski definition) is 5. The number of amides is 3. The minimum atomic E-state index is -0.388. The predicted molar refractivity (Wildman–Crippen MR) is 152 cm³/mol. The van der Waals surface area contributed by atoms with E-state index in [1.807, 2.05) is 51.2 Å². The highest BCUT2D eigenvalue weighted by Gasteiger charge is 2.26. The van der Waals surface area contributed by atoms with Gasteiger partial charge in [-0.2, -0.15) is 5.26 Å². The van der Waals surface area contributed by atoms with Crippen molar-refractivity contribution < 1.29 is 19.5 Å². The first-order valence-corrected chi connectivity index (χ1v) is 13.8. The highest BCUT2D eigenvalue weighted by atomic mass is 32.2. The summed E-state index contributed by atoms with van der Waals surface area (Å²) in [5.74, 6) is -0.0842. The number of hydrazine groups is 1. The number of hydrogen-bond acceptors (Lipinski definition) is 9. The van der Waals surface area contributed by atoms with E-state index in [1.54, 1.807) is 7.05 Å². The van der Waals surface area contributed by atoms with Crippen LogP contribution < -0.4 is 21.5 Å². The van der Waals surface area contributed by atoms with Gasteiger partial charge < -0.3 is 25.5 Å². The molecule has 1 aromatic rings. The lowest BCUT2D eigenvalue weighted by atomic mass is 10.2. The van der Waals surface area contributed by atoms with Gasteiger partial charge in [-0.15, -0.1) is 0 Å². The number of anilines is 2. The Hall–Kier alpha value is -3.11. The van der Waals surface area contributed by atoms with E-state index < -0.39 is 0 Å². The Balaban J connectivity index is 0.000000357. The molecule has 1 aromatic carbocycles. The van der Waals surface area contributed by atoms with Gasteiger partial charge in [-0.05, 0) is 44.1 Å². The molecule has 12 heteroatoms. The van der Waals surface area contributed by atoms with Gasteiger partial charge in [0.2, 0.25) is 17.7 Å². The summed E-state index contributed by atoms with van der Waals surface area (Å²) in [6.45, 7) is 7.29. The molecular weight excluding hydrogens is 506 g/mol. The van der Waals surface area contributed by atoms with Crippen LogP contribution in [0, 0.1) is 11.3 Å². The molecule has 2 heterocycles. The van der Waals surface area contributed by atoms with Gasteiger partial charge in [0.1, 0.15) is 0 Å². The summed E-state index contributed by atoms with van der Waals surface area (Å²) < 4.78 is 0. The van der Waals surface area contributed by atoms with Gasteiger partial charge in [-0.3, -0.25) is 19.8 Å². The largest absolute Gasteiger partial charge is 0.395 e. The molecule has 2 fully saturated rings. The number of likely N-dealkylation sites (tertiary alicyclic amines) is 1. The van der Waals surface area contributed by atoms with Crippen LogP contribution in [0.1, 0.15) is 39.5 Å². The van der Waals surface area contributed by atoms with Gasteiger partial charge in [-0.25, -0.2) is 5.43 Å². The maximum atomic E-state index is 11.8. The van der Waals surface area contributed by atoms with E-state index in [-0.39, 0.29) is 42.9 Å². The molecule has 3 amide bonds. The molecule has 0 aromatic heterocycles. The molecule has 0 bridgehead atoms. The molecule has 0 spiro atoms. The molecule has 2 aliphatic rings. The lowest BCUT2D eigenvalue weighted by Crippen LogP contribution is -2.39. The highest BCUT2D eigenvalue weighted by molar-refractivity contribution is 8.04. The van der Waals surface area contributed by atoms with Crippen LogP contribution >= 0.6 is 11.8 Å². The lowest BCUT2D eigenvalue weighted by molar-refractivity contribution is -0.124. The van der Waals surface area contributed by atoms with E-state index >= 15 is 0 Å². The van der Waals surface area contributed by atoms with Gasteiger partial charge in [0.05, 0.1) is 35.5 Å². The van der Waals surface area contributed by atoms with Crippen molar-refractivity contribution in [1.82, 2.24) is 20.7 Å². The van der Waals surface area contributed by atoms with Crippen LogP contribution in [0.3, 0.4) is 0 Å². The first-order valence-electron chi connectivity index (χ1n) is 12.8. The lowest BCUT2D eigenvalue weighted by Gasteiger charge is -2.14. The number of rotatable bonds is 10. The summed E-state index contributed by atoms with van der Waals surface area (Å²) in [6, 6.07) is 9.70. The Morgan fingerprint density at radius 3 is 2.42 bits per heavy atom. The van der Waals surface area contributed by atoms with Crippen molar-refractivity contribution in [2.75, 3.05) is 63.3 Å². The van der Waals surface area contributed by atoms with Crippen molar-refractivity contribution >= 4 is 40.9 Å². The third kappa shape index (κ3) is 12.0. The van der Waals surface area contributed by atoms with Crippen LogP contribution in [0.4, 0.5) is 11.4 Å². The second-order valence-corrected chi connectivity index (χ2v) is 9.15. The van der Waals surface area contributed by atoms with Crippen LogP contribution in [-0.4, -0.2) is 85.3 Å². The van der Waals surface area contributed by atoms with Crippen LogP contribution in [0.15, 0.2) is 34.9 Å². The first kappa shape index (κ1) is 32.9. The second kappa shape index (κ2) is 19.0. The third-order valence-electron chi connectivity index (χ3n) is 5.49. The molecular formula is C26H41N7O4S. The van der Waals surface area contributed by atoms with Crippen molar-refractivity contribution in [3.63, 3.8) is 0 Å². The Morgan fingerprint density at radius 1 is 1.16 bits per heavy atom. The highest BCUT2D eigenvalue weighted by Crippen LogP contribution is 2.31. The number of nitrogens with one attached hydrogen (secondary N) is 4. The van der Waals surface area contributed by atoms with Crippen LogP contribution in [0.5, 0.6) is 0 Å². The zero-order valence-corrected chi connectivity index (χ0v) is 23.6. The van der Waals surface area contributed by atoms with Crippen LogP contribution in [0.25, 0.3) is 0 Å². The van der Waals surface area contributed by atoms with Crippen molar-refractivity contribution in [2.24, 2.45) is 0 Å². The van der Waals surface area contributed by atoms with E-state index in [9.17, 15) is 14.4 Å². The average Bonchev–Trinajstić information content (AvgIpc) is 3.58. The van der Waals surface area contributed by atoms with E-state index in [2.05, 4.69) is 26.4 Å². The fraction of sp³-hybridized carbons (Fsp3) is 0.538. The van der Waals surface area contributed by atoms with E-state index in [0.717, 1.165) is 31.0 Å². The zero-order valence-electron chi connectivity index (χ0n) is 22.8. The Bertz CT molecular complexity index is 975. The quantitative estimate of drug-likeness (QED) is 0.169. The molecule has 0 saturated carbocycles. The summed E-state index contributed by atoms with van der Waals surface area (Å²) in [7, 11) is 3.45. The Labute approximate surface area is 230 Å². The molecule has 38 heavy (non-hydrogen) atoms. The molecule has 2 aliphatic heterocycles. The minimum absolute atomic E-state index is 0.0819. The van der Waals surface area contributed by atoms with Gasteiger partial charge >= 0.3 is 0 Å². The van der Waals surface area contributed by atoms with Crippen molar-refractivity contribution in [3.05, 3.63) is 34.9 Å². The third-order valence-corrected chi connectivity index (χ3v) is 6.68. The summed E-state index contributed by atoms with van der Waals surface area (Å²) in [5, 5.41) is 24.1. The summed E-state index contributed by atoms with van der Waals surface area (Å²) in [6.07, 6.45) is 3.01. The normalized spacial score (nSPS) is 15.9. The molecule has 11 nitrogen and oxygen atoms in total. The minimum Gasteiger partial charge on any atom is -0.395 e. The fourth-order valence-corrected chi connectivity index (χ4v) is 4.59. The number of benzene rings is 1. The van der Waals surface area contributed by atoms with Crippen molar-refractivity contribution in [2.45, 2.75) is 39.5 Å². The molecule has 2 saturated heterocycles. The second-order valence-electron chi connectivity index (χ2n) is 8.19. The summed E-state index contributed by atoms with van der Waals surface area (Å²) >= 11 is 1.25. The maximum absolute atomic E-state index is 11.8. The molecule has 3 rings (SSSR count). The topological polar surface area (TPSA) is 150 Å². The van der Waals surface area contributed by atoms with Crippen molar-refractivity contribution in [3.8, 4) is 6.07 Å². The monoisotopic (exact) mass is 547 g/mol. The van der Waals surface area contributed by atoms with Gasteiger partial charge in [0, 0.05) is 45.0 Å². The Kier molecular flexibility index (Phi) is 16.5. The molecule has 0 unspecified atom stereocenters. The van der Waals surface area contributed by atoms with E-state index in [0.29, 0.717) is 17.2 Å². The number of carbonyl (C=O) groups is 3. The first-order chi connectivity index (χ1) is 18.4. The number of nitriles is 1. The van der Waals surface area contributed by atoms with E-state index in [4.69, 9.17) is 10.4 Å². The number of aliphatic hydroxyl groups excluding tert-OH is 1. The molecule has 5 N–H and O–H groups in total. The van der Waals surface area contributed by atoms with E-state index in [1.165, 1.54) is 29.5 Å². The Morgan fingerprint density at radius 2 is 1.84 bits per heavy atom. The van der Waals surface area contributed by atoms with Gasteiger partial charge in [-0.1, -0.05) is 31.7 Å². The molecule has 0 radical (unpaired) electrons. The fourth-order valence-electron chi connectivity index (χ4n) is 3.55. The predicted octanol–water partition coefficient (Wildman–Crippen LogP) is 2.11. The van der Waals surface area contributed by atoms with Gasteiger partial charge in [0.25, 0.3) is 0 Å². The number of nitrogens with zero attached hydrogens (tertiary/aromatic N) is 3. The average molecular weight is 548 g/mol. The number of thioether (sulfide) groups is 1. The standard InChI is InChI=1S/C14H21N3O.C10H14N4O3S.C2H6/c1-15-12-5-4-6-13(11-12)16-14(18)7-10-17-8-2-3-9-17;1-14-9(17)6-18-10(14)7(5-11)4-8(16)13-12-2-3-15;1-2/h4-6,11,15H,2-3,7-10H2,1H3,(H,16,18);12,15H,2-4,6H2,1H3,(H,13,16);1-2H3/b;10-7+;. The van der Waals surface area contributed by atoms with Crippen molar-refractivity contribution in [1.29, 1.82) is 5.26 Å². The zero-order chi connectivity index (χ0) is 28.3. The van der Waals surface area contributed by atoms with Crippen LogP contribution in [-0.2, 0) is 14.4 Å². The molecule has 210 valence electrons. The van der Waals surface area contributed by atoms with Crippen LogP contribution in [0.2, 0.25) is 0 Å². The van der Waals surface area contributed by atoms with Gasteiger partial charge in [0.15, 0.2) is 0 Å². The SMILES string of the molecule is CC.CN1C(=O)CS/C1=C(/C#N)CC(=O)NNCCO.CNc1cccc(NC(=O)CCN2CCCC2)c1. The number of aliphatic hydroxyl groups is 1.